The second kappa shape index (κ2) is 9.54. The van der Waals surface area contributed by atoms with Gasteiger partial charge in [0.05, 0.1) is 25.3 Å². The highest BCUT2D eigenvalue weighted by atomic mass is 127. The fourth-order valence-electron chi connectivity index (χ4n) is 2.86. The van der Waals surface area contributed by atoms with E-state index in [4.69, 9.17) is 9.26 Å². The van der Waals surface area contributed by atoms with Gasteiger partial charge in [-0.2, -0.15) is 18.2 Å². The number of nitrogens with zero attached hydrogens (tertiary/aromatic N) is 4. The Morgan fingerprint density at radius 2 is 2.18 bits per heavy atom. The molecule has 1 saturated heterocycles. The maximum atomic E-state index is 13.0. The van der Waals surface area contributed by atoms with Crippen molar-refractivity contribution in [1.82, 2.24) is 20.4 Å². The number of aryl methyl sites for hydroxylation is 1. The lowest BCUT2D eigenvalue weighted by molar-refractivity contribution is -0.137. The molecule has 0 bridgehead atoms. The van der Waals surface area contributed by atoms with Crippen LogP contribution >= 0.6 is 24.0 Å². The molecule has 154 valence electrons. The zero-order valence-electron chi connectivity index (χ0n) is 15.4. The van der Waals surface area contributed by atoms with Gasteiger partial charge in [0, 0.05) is 13.6 Å². The van der Waals surface area contributed by atoms with E-state index in [9.17, 15) is 13.2 Å². The average molecular weight is 511 g/mol. The minimum Gasteiger partial charge on any atom is -0.370 e. The van der Waals surface area contributed by atoms with Crippen LogP contribution in [0.1, 0.15) is 28.9 Å². The van der Waals surface area contributed by atoms with Gasteiger partial charge in [0.25, 0.3) is 0 Å². The van der Waals surface area contributed by atoms with Crippen LogP contribution in [0.25, 0.3) is 0 Å². The molecular formula is C17H21F3IN5O2. The Labute approximate surface area is 177 Å². The van der Waals surface area contributed by atoms with Gasteiger partial charge in [-0.25, -0.2) is 0 Å². The zero-order valence-corrected chi connectivity index (χ0v) is 17.7. The lowest BCUT2D eigenvalue weighted by atomic mass is 10.0. The first-order valence-corrected chi connectivity index (χ1v) is 8.40. The van der Waals surface area contributed by atoms with E-state index < -0.39 is 17.8 Å². The number of ether oxygens (including phenoxy) is 1. The summed E-state index contributed by atoms with van der Waals surface area (Å²) in [7, 11) is 1.64. The van der Waals surface area contributed by atoms with Crippen LogP contribution in [-0.2, 0) is 17.5 Å². The first-order valence-electron chi connectivity index (χ1n) is 8.40. The molecule has 0 radical (unpaired) electrons. The molecule has 1 unspecified atom stereocenters. The Balaban J connectivity index is 0.00000280. The van der Waals surface area contributed by atoms with E-state index in [1.54, 1.807) is 20.0 Å². The molecule has 28 heavy (non-hydrogen) atoms. The maximum absolute atomic E-state index is 13.0. The molecule has 1 aromatic carbocycles. The Morgan fingerprint density at radius 1 is 1.39 bits per heavy atom. The third kappa shape index (κ3) is 5.56. The van der Waals surface area contributed by atoms with E-state index >= 15 is 0 Å². The Kier molecular flexibility index (Phi) is 7.63. The monoisotopic (exact) mass is 511 g/mol. The summed E-state index contributed by atoms with van der Waals surface area (Å²) in [5.41, 5.74) is -0.201. The second-order valence-electron chi connectivity index (χ2n) is 6.06. The van der Waals surface area contributed by atoms with E-state index in [2.05, 4.69) is 20.4 Å². The molecule has 11 heteroatoms. The highest BCUT2D eigenvalue weighted by molar-refractivity contribution is 14.0. The van der Waals surface area contributed by atoms with Gasteiger partial charge in [-0.3, -0.25) is 4.99 Å². The Hall–Kier alpha value is -1.89. The molecule has 0 saturated carbocycles. The van der Waals surface area contributed by atoms with Crippen molar-refractivity contribution in [2.75, 3.05) is 26.7 Å². The number of benzene rings is 1. The Morgan fingerprint density at radius 3 is 2.82 bits per heavy atom. The van der Waals surface area contributed by atoms with Crippen LogP contribution in [0.15, 0.2) is 33.8 Å². The van der Waals surface area contributed by atoms with Gasteiger partial charge in [-0.05, 0) is 24.6 Å². The second-order valence-corrected chi connectivity index (χ2v) is 6.06. The van der Waals surface area contributed by atoms with Crippen LogP contribution in [0.3, 0.4) is 0 Å². The molecule has 7 nitrogen and oxygen atoms in total. The van der Waals surface area contributed by atoms with Gasteiger partial charge in [-0.15, -0.1) is 24.0 Å². The lowest BCUT2D eigenvalue weighted by Gasteiger charge is -2.35. The number of aliphatic imine (C=N–C) groups is 1. The molecule has 1 aliphatic heterocycles. The van der Waals surface area contributed by atoms with Crippen molar-refractivity contribution in [1.29, 1.82) is 0 Å². The van der Waals surface area contributed by atoms with E-state index in [1.807, 2.05) is 4.90 Å². The summed E-state index contributed by atoms with van der Waals surface area (Å²) in [5.74, 6) is 1.56. The van der Waals surface area contributed by atoms with Crippen LogP contribution in [0, 0.1) is 6.92 Å². The third-order valence-electron chi connectivity index (χ3n) is 4.13. The molecule has 0 aliphatic carbocycles. The molecule has 1 atom stereocenters. The van der Waals surface area contributed by atoms with Gasteiger partial charge < -0.3 is 19.5 Å². The Bertz CT molecular complexity index is 812. The van der Waals surface area contributed by atoms with E-state index in [0.717, 1.165) is 12.1 Å². The van der Waals surface area contributed by atoms with Crippen molar-refractivity contribution in [2.24, 2.45) is 4.99 Å². The van der Waals surface area contributed by atoms with Gasteiger partial charge in [0.15, 0.2) is 11.8 Å². The number of nitrogens with one attached hydrogen (secondary N) is 1. The summed E-state index contributed by atoms with van der Waals surface area (Å²) in [6.45, 7) is 3.35. The predicted molar refractivity (Wildman–Crippen MR) is 106 cm³/mol. The van der Waals surface area contributed by atoms with E-state index in [-0.39, 0.29) is 24.0 Å². The van der Waals surface area contributed by atoms with Crippen LogP contribution in [0.4, 0.5) is 13.2 Å². The fourth-order valence-corrected chi connectivity index (χ4v) is 2.86. The van der Waals surface area contributed by atoms with Gasteiger partial charge >= 0.3 is 6.18 Å². The van der Waals surface area contributed by atoms with Crippen molar-refractivity contribution in [2.45, 2.75) is 25.7 Å². The number of rotatable bonds is 3. The fraction of sp³-hybridized carbons (Fsp3) is 0.471. The summed E-state index contributed by atoms with van der Waals surface area (Å²) in [6, 6.07) is 5.22. The first kappa shape index (κ1) is 22.4. The minimum atomic E-state index is -4.38. The van der Waals surface area contributed by atoms with Crippen LogP contribution in [0.2, 0.25) is 0 Å². The predicted octanol–water partition coefficient (Wildman–Crippen LogP) is 3.16. The number of halogens is 4. The number of guanidine groups is 1. The van der Waals surface area contributed by atoms with Gasteiger partial charge in [0.2, 0.25) is 5.89 Å². The van der Waals surface area contributed by atoms with Crippen molar-refractivity contribution in [3.63, 3.8) is 0 Å². The molecule has 0 amide bonds. The van der Waals surface area contributed by atoms with Crippen LogP contribution in [0.5, 0.6) is 0 Å². The molecule has 3 rings (SSSR count). The molecular weight excluding hydrogens is 490 g/mol. The molecule has 1 aromatic heterocycles. The quantitative estimate of drug-likeness (QED) is 0.388. The number of morpholine rings is 1. The highest BCUT2D eigenvalue weighted by Gasteiger charge is 2.32. The van der Waals surface area contributed by atoms with Crippen LogP contribution in [-0.4, -0.2) is 47.7 Å². The molecule has 2 aromatic rings. The standard InChI is InChI=1S/C17H20F3N5O2.HI/c1-11-23-15(27-24-11)9-22-16(21-2)25-6-7-26-14(10-25)12-4-3-5-13(8-12)17(18,19)20;/h3-5,8,14H,6-7,9-10H2,1-2H3,(H,21,22);1H. The summed E-state index contributed by atoms with van der Waals surface area (Å²) in [5, 5.41) is 6.84. The first-order chi connectivity index (χ1) is 12.9. The highest BCUT2D eigenvalue weighted by Crippen LogP contribution is 2.32. The summed E-state index contributed by atoms with van der Waals surface area (Å²) in [4.78, 5) is 10.3. The SMILES string of the molecule is CN=C(NCc1nc(C)no1)N1CCOC(c2cccc(C(F)(F)F)c2)C1.I. The van der Waals surface area contributed by atoms with Crippen molar-refractivity contribution in [3.05, 3.63) is 47.1 Å². The van der Waals surface area contributed by atoms with Gasteiger partial charge in [0.1, 0.15) is 6.10 Å². The number of alkyl halides is 3. The largest absolute Gasteiger partial charge is 0.416 e. The number of hydrogen-bond acceptors (Lipinski definition) is 5. The van der Waals surface area contributed by atoms with Crippen molar-refractivity contribution in [3.8, 4) is 0 Å². The minimum absolute atomic E-state index is 0. The van der Waals surface area contributed by atoms with Crippen molar-refractivity contribution < 1.29 is 22.4 Å². The molecule has 0 spiro atoms. The summed E-state index contributed by atoms with van der Waals surface area (Å²) in [6.07, 6.45) is -4.87. The van der Waals surface area contributed by atoms with Crippen LogP contribution < -0.4 is 5.32 Å². The summed E-state index contributed by atoms with van der Waals surface area (Å²) >= 11 is 0. The zero-order chi connectivity index (χ0) is 19.4. The molecule has 1 aliphatic rings. The van der Waals surface area contributed by atoms with E-state index in [0.29, 0.717) is 49.5 Å². The number of hydrogen-bond donors (Lipinski definition) is 1. The molecule has 2 heterocycles. The normalized spacial score (nSPS) is 18.0. The summed E-state index contributed by atoms with van der Waals surface area (Å²) < 4.78 is 49.6. The van der Waals surface area contributed by atoms with Crippen molar-refractivity contribution >= 4 is 29.9 Å². The maximum Gasteiger partial charge on any atom is 0.416 e. The van der Waals surface area contributed by atoms with Gasteiger partial charge in [-0.1, -0.05) is 17.3 Å². The topological polar surface area (TPSA) is 75.8 Å². The average Bonchev–Trinajstić information content (AvgIpc) is 3.07. The number of aromatic nitrogens is 2. The lowest BCUT2D eigenvalue weighted by Crippen LogP contribution is -2.48. The smallest absolute Gasteiger partial charge is 0.370 e. The molecule has 1 fully saturated rings. The molecule has 1 N–H and O–H groups in total. The third-order valence-corrected chi connectivity index (χ3v) is 4.13. The van der Waals surface area contributed by atoms with E-state index in [1.165, 1.54) is 6.07 Å².